The third kappa shape index (κ3) is 2.53. The van der Waals surface area contributed by atoms with Crippen LogP contribution in [0.3, 0.4) is 0 Å². The van der Waals surface area contributed by atoms with Crippen molar-refractivity contribution in [1.29, 1.82) is 0 Å². The topological polar surface area (TPSA) is 21.3 Å². The van der Waals surface area contributed by atoms with Gasteiger partial charge in [-0.25, -0.2) is 0 Å². The lowest BCUT2D eigenvalue weighted by molar-refractivity contribution is -0.0141. The van der Waals surface area contributed by atoms with Gasteiger partial charge < -0.3 is 10.1 Å². The van der Waals surface area contributed by atoms with Gasteiger partial charge in [-0.1, -0.05) is 0 Å². The Balaban J connectivity index is 1.44. The van der Waals surface area contributed by atoms with Gasteiger partial charge in [-0.3, -0.25) is 0 Å². The molecule has 4 rings (SSSR count). The maximum Gasteiger partial charge on any atom is 0.0477 e. The zero-order valence-corrected chi connectivity index (χ0v) is 11.2. The highest BCUT2D eigenvalue weighted by atomic mass is 16.5. The molecule has 0 radical (unpaired) electrons. The summed E-state index contributed by atoms with van der Waals surface area (Å²) in [6.07, 6.45) is 8.83. The predicted molar refractivity (Wildman–Crippen MR) is 69.9 cm³/mol. The summed E-state index contributed by atoms with van der Waals surface area (Å²) in [6.45, 7) is 5.02. The summed E-state index contributed by atoms with van der Waals surface area (Å²) in [5.41, 5.74) is 0. The molecule has 0 spiro atoms. The first-order chi connectivity index (χ1) is 8.36. The van der Waals surface area contributed by atoms with Gasteiger partial charge in [0.2, 0.25) is 0 Å². The quantitative estimate of drug-likeness (QED) is 0.717. The summed E-state index contributed by atoms with van der Waals surface area (Å²) < 4.78 is 5.40. The smallest absolute Gasteiger partial charge is 0.0477 e. The van der Waals surface area contributed by atoms with E-state index in [4.69, 9.17) is 4.74 Å². The van der Waals surface area contributed by atoms with Crippen LogP contribution in [-0.2, 0) is 4.74 Å². The molecule has 0 atom stereocenters. The van der Waals surface area contributed by atoms with Crippen LogP contribution in [0.25, 0.3) is 0 Å². The Bertz CT molecular complexity index is 225. The van der Waals surface area contributed by atoms with Crippen molar-refractivity contribution in [1.82, 2.24) is 5.32 Å². The van der Waals surface area contributed by atoms with E-state index >= 15 is 0 Å². The van der Waals surface area contributed by atoms with Gasteiger partial charge in [0.15, 0.2) is 0 Å². The van der Waals surface area contributed by atoms with E-state index in [0.717, 1.165) is 49.5 Å². The van der Waals surface area contributed by atoms with Crippen LogP contribution in [0.15, 0.2) is 0 Å². The zero-order chi connectivity index (χ0) is 11.7. The van der Waals surface area contributed by atoms with E-state index in [0.29, 0.717) is 0 Å². The molecule has 0 heterocycles. The minimum Gasteiger partial charge on any atom is -0.382 e. The second kappa shape index (κ2) is 5.27. The van der Waals surface area contributed by atoms with Crippen LogP contribution in [0, 0.1) is 23.7 Å². The molecule has 0 unspecified atom stereocenters. The largest absolute Gasteiger partial charge is 0.382 e. The van der Waals surface area contributed by atoms with Crippen molar-refractivity contribution in [2.75, 3.05) is 19.8 Å². The molecular formula is C15H27NO. The fourth-order valence-corrected chi connectivity index (χ4v) is 4.85. The summed E-state index contributed by atoms with van der Waals surface area (Å²) in [5, 5.41) is 3.84. The average Bonchev–Trinajstić information content (AvgIpc) is 2.31. The van der Waals surface area contributed by atoms with E-state index < -0.39 is 0 Å². The van der Waals surface area contributed by atoms with Crippen LogP contribution in [-0.4, -0.2) is 25.8 Å². The molecule has 0 saturated heterocycles. The number of nitrogens with one attached hydrogen (secondary N) is 1. The standard InChI is InChI=1S/C15H27NO/c1-2-17-5-3-4-16-15-13-7-11-6-12(9-13)10-14(15)8-11/h11-16H,2-10H2,1H3. The Morgan fingerprint density at radius 3 is 2.24 bits per heavy atom. The Morgan fingerprint density at radius 2 is 1.65 bits per heavy atom. The highest BCUT2D eigenvalue weighted by molar-refractivity contribution is 5.01. The maximum absolute atomic E-state index is 5.40. The molecule has 0 aliphatic heterocycles. The second-order valence-corrected chi connectivity index (χ2v) is 6.46. The lowest BCUT2D eigenvalue weighted by Crippen LogP contribution is -2.54. The van der Waals surface area contributed by atoms with E-state index in [2.05, 4.69) is 12.2 Å². The lowest BCUT2D eigenvalue weighted by atomic mass is 9.54. The highest BCUT2D eigenvalue weighted by Crippen LogP contribution is 2.53. The van der Waals surface area contributed by atoms with Crippen molar-refractivity contribution in [3.05, 3.63) is 0 Å². The van der Waals surface area contributed by atoms with Gasteiger partial charge in [0.25, 0.3) is 0 Å². The fraction of sp³-hybridized carbons (Fsp3) is 1.00. The first-order valence-electron chi connectivity index (χ1n) is 7.68. The molecule has 0 aromatic carbocycles. The number of hydrogen-bond donors (Lipinski definition) is 1. The second-order valence-electron chi connectivity index (χ2n) is 6.46. The molecule has 4 saturated carbocycles. The van der Waals surface area contributed by atoms with Gasteiger partial charge in [0.1, 0.15) is 0 Å². The van der Waals surface area contributed by atoms with Gasteiger partial charge in [-0.05, 0) is 75.7 Å². The van der Waals surface area contributed by atoms with Crippen LogP contribution < -0.4 is 5.32 Å². The molecule has 4 bridgehead atoms. The van der Waals surface area contributed by atoms with E-state index in [1.54, 1.807) is 6.42 Å². The molecule has 1 N–H and O–H groups in total. The minimum atomic E-state index is 0.851. The third-order valence-electron chi connectivity index (χ3n) is 5.28. The average molecular weight is 237 g/mol. The lowest BCUT2D eigenvalue weighted by Gasteiger charge is -2.54. The SMILES string of the molecule is CCOCCCNC1C2CC3CC(C2)CC1C3. The molecule has 2 nitrogen and oxygen atoms in total. The monoisotopic (exact) mass is 237 g/mol. The summed E-state index contributed by atoms with van der Waals surface area (Å²) in [4.78, 5) is 0. The van der Waals surface area contributed by atoms with Gasteiger partial charge in [-0.2, -0.15) is 0 Å². The highest BCUT2D eigenvalue weighted by Gasteiger charge is 2.47. The van der Waals surface area contributed by atoms with Crippen molar-refractivity contribution >= 4 is 0 Å². The van der Waals surface area contributed by atoms with E-state index in [1.165, 1.54) is 32.1 Å². The molecule has 2 heteroatoms. The van der Waals surface area contributed by atoms with Gasteiger partial charge in [0, 0.05) is 19.3 Å². The molecule has 98 valence electrons. The first kappa shape index (κ1) is 12.0. The van der Waals surface area contributed by atoms with Crippen LogP contribution in [0.2, 0.25) is 0 Å². The van der Waals surface area contributed by atoms with Crippen molar-refractivity contribution in [3.63, 3.8) is 0 Å². The molecule has 4 aliphatic carbocycles. The van der Waals surface area contributed by atoms with Crippen LogP contribution in [0.4, 0.5) is 0 Å². The van der Waals surface area contributed by atoms with Crippen molar-refractivity contribution in [3.8, 4) is 0 Å². The fourth-order valence-electron chi connectivity index (χ4n) is 4.85. The summed E-state index contributed by atoms with van der Waals surface area (Å²) in [7, 11) is 0. The summed E-state index contributed by atoms with van der Waals surface area (Å²) >= 11 is 0. The number of rotatable bonds is 6. The predicted octanol–water partition coefficient (Wildman–Crippen LogP) is 2.83. The molecule has 0 amide bonds. The molecular weight excluding hydrogens is 210 g/mol. The maximum atomic E-state index is 5.40. The Labute approximate surface area is 105 Å². The first-order valence-corrected chi connectivity index (χ1v) is 7.68. The third-order valence-corrected chi connectivity index (χ3v) is 5.28. The summed E-state index contributed by atoms with van der Waals surface area (Å²) in [5.74, 6) is 4.22. The van der Waals surface area contributed by atoms with Gasteiger partial charge in [-0.15, -0.1) is 0 Å². The minimum absolute atomic E-state index is 0.851. The van der Waals surface area contributed by atoms with E-state index in [9.17, 15) is 0 Å². The van der Waals surface area contributed by atoms with E-state index in [1.807, 2.05) is 0 Å². The zero-order valence-electron chi connectivity index (χ0n) is 11.2. The van der Waals surface area contributed by atoms with Crippen LogP contribution in [0.5, 0.6) is 0 Å². The normalized spacial score (nSPS) is 43.2. The van der Waals surface area contributed by atoms with Gasteiger partial charge in [0.05, 0.1) is 0 Å². The van der Waals surface area contributed by atoms with Crippen LogP contribution in [0.1, 0.15) is 45.4 Å². The molecule has 4 aliphatic rings. The van der Waals surface area contributed by atoms with E-state index in [-0.39, 0.29) is 0 Å². The summed E-state index contributed by atoms with van der Waals surface area (Å²) in [6, 6.07) is 0.851. The van der Waals surface area contributed by atoms with Gasteiger partial charge >= 0.3 is 0 Å². The Morgan fingerprint density at radius 1 is 1.00 bits per heavy atom. The number of ether oxygens (including phenoxy) is 1. The Kier molecular flexibility index (Phi) is 3.72. The Hall–Kier alpha value is -0.0800. The van der Waals surface area contributed by atoms with Crippen LogP contribution >= 0.6 is 0 Å². The molecule has 4 fully saturated rings. The molecule has 0 aromatic rings. The number of hydrogen-bond acceptors (Lipinski definition) is 2. The van der Waals surface area contributed by atoms with Crippen molar-refractivity contribution in [2.24, 2.45) is 23.7 Å². The molecule has 0 aromatic heterocycles. The van der Waals surface area contributed by atoms with Crippen molar-refractivity contribution in [2.45, 2.75) is 51.5 Å². The van der Waals surface area contributed by atoms with Crippen molar-refractivity contribution < 1.29 is 4.74 Å². The molecule has 17 heavy (non-hydrogen) atoms.